The van der Waals surface area contributed by atoms with Gasteiger partial charge in [0.05, 0.1) is 11.8 Å². The monoisotopic (exact) mass is 358 g/mol. The zero-order valence-electron chi connectivity index (χ0n) is 13.3. The topological polar surface area (TPSA) is 78.1 Å². The van der Waals surface area contributed by atoms with E-state index in [1.807, 2.05) is 45.0 Å². The van der Waals surface area contributed by atoms with E-state index in [-0.39, 0.29) is 6.10 Å². The molecule has 0 unspecified atom stereocenters. The Balaban J connectivity index is 1.71. The molecular formula is C15H14N6OS2. The van der Waals surface area contributed by atoms with Crippen LogP contribution in [0.3, 0.4) is 0 Å². The molecule has 0 saturated carbocycles. The van der Waals surface area contributed by atoms with Crippen LogP contribution >= 0.6 is 22.9 Å². The molecule has 0 spiro atoms. The molecule has 0 bridgehead atoms. The van der Waals surface area contributed by atoms with Crippen molar-refractivity contribution in [3.63, 3.8) is 0 Å². The van der Waals surface area contributed by atoms with Gasteiger partial charge in [0.25, 0.3) is 0 Å². The van der Waals surface area contributed by atoms with Gasteiger partial charge >= 0.3 is 0 Å². The lowest BCUT2D eigenvalue weighted by Gasteiger charge is -2.09. The highest BCUT2D eigenvalue weighted by Crippen LogP contribution is 2.30. The molecule has 4 aromatic rings. The van der Waals surface area contributed by atoms with E-state index in [2.05, 4.69) is 24.9 Å². The fraction of sp³-hybridized carbons (Fsp3) is 0.267. The number of aryl methyl sites for hydroxylation is 1. The van der Waals surface area contributed by atoms with E-state index in [1.54, 1.807) is 4.52 Å². The van der Waals surface area contributed by atoms with E-state index >= 15 is 0 Å². The van der Waals surface area contributed by atoms with E-state index in [9.17, 15) is 0 Å². The maximum absolute atomic E-state index is 5.67. The maximum Gasteiger partial charge on any atom is 0.235 e. The summed E-state index contributed by atoms with van der Waals surface area (Å²) < 4.78 is 11.4. The lowest BCUT2D eigenvalue weighted by molar-refractivity contribution is 0.242. The first-order valence-electron chi connectivity index (χ1n) is 7.40. The van der Waals surface area contributed by atoms with Crippen molar-refractivity contribution in [2.75, 3.05) is 0 Å². The van der Waals surface area contributed by atoms with Crippen LogP contribution in [0.5, 0.6) is 5.75 Å². The van der Waals surface area contributed by atoms with Gasteiger partial charge in [-0.05, 0) is 56.6 Å². The number of rotatable bonds is 4. The molecule has 3 aromatic heterocycles. The lowest BCUT2D eigenvalue weighted by atomic mass is 10.2. The highest BCUT2D eigenvalue weighted by atomic mass is 32.1. The molecule has 0 fully saturated rings. The van der Waals surface area contributed by atoms with Crippen LogP contribution in [-0.4, -0.2) is 35.5 Å². The van der Waals surface area contributed by atoms with Crippen LogP contribution in [0.1, 0.15) is 19.5 Å². The molecule has 24 heavy (non-hydrogen) atoms. The number of ether oxygens (including phenoxy) is 1. The van der Waals surface area contributed by atoms with Gasteiger partial charge in [-0.1, -0.05) is 15.8 Å². The van der Waals surface area contributed by atoms with Crippen LogP contribution in [-0.2, 0) is 0 Å². The third-order valence-electron chi connectivity index (χ3n) is 3.32. The fourth-order valence-electron chi connectivity index (χ4n) is 2.26. The van der Waals surface area contributed by atoms with Crippen LogP contribution in [0.2, 0.25) is 0 Å². The lowest BCUT2D eigenvalue weighted by Crippen LogP contribution is -2.05. The van der Waals surface area contributed by atoms with Crippen LogP contribution in [0.25, 0.3) is 26.2 Å². The minimum Gasteiger partial charge on any atom is -0.491 e. The Labute approximate surface area is 146 Å². The summed E-state index contributed by atoms with van der Waals surface area (Å²) in [6.07, 6.45) is 0.156. The van der Waals surface area contributed by atoms with Gasteiger partial charge in [0, 0.05) is 5.56 Å². The van der Waals surface area contributed by atoms with Crippen molar-refractivity contribution < 1.29 is 4.74 Å². The summed E-state index contributed by atoms with van der Waals surface area (Å²) in [6, 6.07) is 7.91. The van der Waals surface area contributed by atoms with Crippen LogP contribution in [0.15, 0.2) is 24.3 Å². The van der Waals surface area contributed by atoms with Gasteiger partial charge in [-0.3, -0.25) is 0 Å². The first-order valence-corrected chi connectivity index (χ1v) is 8.99. The second-order valence-electron chi connectivity index (χ2n) is 5.50. The second kappa shape index (κ2) is 5.91. The average molecular weight is 358 g/mol. The summed E-state index contributed by atoms with van der Waals surface area (Å²) in [7, 11) is 0. The van der Waals surface area contributed by atoms with Crippen molar-refractivity contribution in [3.05, 3.63) is 30.0 Å². The maximum atomic E-state index is 5.67. The minimum atomic E-state index is 0.156. The second-order valence-corrected chi connectivity index (χ2v) is 7.21. The zero-order valence-corrected chi connectivity index (χ0v) is 14.9. The van der Waals surface area contributed by atoms with Crippen molar-refractivity contribution >= 4 is 27.8 Å². The van der Waals surface area contributed by atoms with E-state index < -0.39 is 0 Å². The predicted molar refractivity (Wildman–Crippen MR) is 93.5 cm³/mol. The molecular weight excluding hydrogens is 344 g/mol. The van der Waals surface area contributed by atoms with Crippen LogP contribution in [0, 0.1) is 6.92 Å². The highest BCUT2D eigenvalue weighted by Gasteiger charge is 2.18. The Kier molecular flexibility index (Phi) is 3.73. The smallest absolute Gasteiger partial charge is 0.235 e. The molecule has 0 amide bonds. The summed E-state index contributed by atoms with van der Waals surface area (Å²) in [5.74, 6) is 1.53. The number of aromatic nitrogens is 6. The van der Waals surface area contributed by atoms with Gasteiger partial charge in [0.2, 0.25) is 4.96 Å². The van der Waals surface area contributed by atoms with Gasteiger partial charge < -0.3 is 4.74 Å². The van der Waals surface area contributed by atoms with Crippen molar-refractivity contribution in [1.29, 1.82) is 0 Å². The van der Waals surface area contributed by atoms with Crippen molar-refractivity contribution in [2.24, 2.45) is 0 Å². The summed E-state index contributed by atoms with van der Waals surface area (Å²) >= 11 is 2.79. The highest BCUT2D eigenvalue weighted by molar-refractivity contribution is 7.19. The Morgan fingerprint density at radius 2 is 1.88 bits per heavy atom. The zero-order chi connectivity index (χ0) is 16.7. The SMILES string of the molecule is Cc1nnsc1-c1nnc2sc(-c3ccc(OC(C)C)cc3)nn12. The molecule has 0 aliphatic carbocycles. The van der Waals surface area contributed by atoms with Crippen molar-refractivity contribution in [2.45, 2.75) is 26.9 Å². The van der Waals surface area contributed by atoms with Crippen LogP contribution in [0.4, 0.5) is 0 Å². The van der Waals surface area contributed by atoms with Gasteiger partial charge in [0.15, 0.2) is 5.82 Å². The molecule has 9 heteroatoms. The summed E-state index contributed by atoms with van der Waals surface area (Å²) in [4.78, 5) is 1.63. The molecule has 0 aliphatic rings. The minimum absolute atomic E-state index is 0.156. The Morgan fingerprint density at radius 3 is 2.54 bits per heavy atom. The fourth-order valence-corrected chi connectivity index (χ4v) is 3.73. The van der Waals surface area contributed by atoms with E-state index in [4.69, 9.17) is 4.74 Å². The first kappa shape index (κ1) is 15.2. The first-order chi connectivity index (χ1) is 11.6. The summed E-state index contributed by atoms with van der Waals surface area (Å²) in [5, 5.41) is 18.0. The third kappa shape index (κ3) is 2.65. The molecule has 3 heterocycles. The summed E-state index contributed by atoms with van der Waals surface area (Å²) in [6.45, 7) is 5.92. The number of hydrogen-bond donors (Lipinski definition) is 0. The molecule has 7 nitrogen and oxygen atoms in total. The van der Waals surface area contributed by atoms with Gasteiger partial charge in [-0.2, -0.15) is 9.61 Å². The van der Waals surface area contributed by atoms with Crippen LogP contribution < -0.4 is 4.74 Å². The summed E-state index contributed by atoms with van der Waals surface area (Å²) in [5.41, 5.74) is 1.85. The van der Waals surface area contributed by atoms with E-state index in [1.165, 1.54) is 22.9 Å². The number of fused-ring (bicyclic) bond motifs is 1. The third-order valence-corrected chi connectivity index (χ3v) is 5.09. The van der Waals surface area contributed by atoms with E-state index in [0.29, 0.717) is 5.82 Å². The van der Waals surface area contributed by atoms with Gasteiger partial charge in [-0.25, -0.2) is 0 Å². The predicted octanol–water partition coefficient (Wildman–Crippen LogP) is 3.47. The van der Waals surface area contributed by atoms with E-state index in [0.717, 1.165) is 31.9 Å². The quantitative estimate of drug-likeness (QED) is 0.556. The van der Waals surface area contributed by atoms with Gasteiger partial charge in [-0.15, -0.1) is 15.3 Å². The molecule has 0 radical (unpaired) electrons. The normalized spacial score (nSPS) is 11.5. The van der Waals surface area contributed by atoms with Crippen molar-refractivity contribution in [1.82, 2.24) is 29.4 Å². The Morgan fingerprint density at radius 1 is 1.08 bits per heavy atom. The molecule has 122 valence electrons. The largest absolute Gasteiger partial charge is 0.491 e. The number of benzene rings is 1. The Bertz CT molecular complexity index is 985. The average Bonchev–Trinajstić information content (AvgIpc) is 3.23. The molecule has 0 saturated heterocycles. The number of nitrogens with zero attached hydrogens (tertiary/aromatic N) is 6. The molecule has 1 aromatic carbocycles. The molecule has 4 rings (SSSR count). The standard InChI is InChI=1S/C15H14N6OS2/c1-8(2)22-11-6-4-10(5-7-11)14-19-21-13(17-18-15(21)23-14)12-9(3)16-20-24-12/h4-8H,1-3H3. The van der Waals surface area contributed by atoms with Gasteiger partial charge in [0.1, 0.15) is 15.6 Å². The molecule has 0 atom stereocenters. The van der Waals surface area contributed by atoms with Crippen molar-refractivity contribution in [3.8, 4) is 27.0 Å². The number of hydrogen-bond acceptors (Lipinski definition) is 8. The Hall–Kier alpha value is -2.39. The molecule has 0 N–H and O–H groups in total. The molecule has 0 aliphatic heterocycles.